The summed E-state index contributed by atoms with van der Waals surface area (Å²) < 4.78 is 22.8. The second-order valence-corrected chi connectivity index (χ2v) is 19.5. The van der Waals surface area contributed by atoms with E-state index in [1.807, 2.05) is 21.1 Å². The molecule has 392 valence electrons. The van der Waals surface area contributed by atoms with Crippen LogP contribution in [0.15, 0.2) is 72.9 Å². The fourth-order valence-electron chi connectivity index (χ4n) is 7.45. The van der Waals surface area contributed by atoms with Crippen LogP contribution < -0.4 is 0 Å². The number of nitrogens with zero attached hydrogens (tertiary/aromatic N) is 1. The van der Waals surface area contributed by atoms with Crippen LogP contribution in [0.25, 0.3) is 0 Å². The van der Waals surface area contributed by atoms with Crippen molar-refractivity contribution in [2.45, 2.75) is 238 Å². The van der Waals surface area contributed by atoms with Crippen molar-refractivity contribution >= 4 is 17.9 Å². The van der Waals surface area contributed by atoms with Crippen LogP contribution in [0.1, 0.15) is 226 Å². The Hall–Kier alpha value is -3.27. The highest BCUT2D eigenvalue weighted by Gasteiger charge is 2.25. The zero-order valence-corrected chi connectivity index (χ0v) is 44.5. The summed E-state index contributed by atoms with van der Waals surface area (Å²) in [6.45, 7) is 4.75. The van der Waals surface area contributed by atoms with E-state index in [0.717, 1.165) is 89.9 Å². The van der Waals surface area contributed by atoms with Crippen LogP contribution in [-0.4, -0.2) is 87.4 Å². The zero-order valence-electron chi connectivity index (χ0n) is 44.5. The number of ether oxygens (including phenoxy) is 4. The number of esters is 2. The topological polar surface area (TPSA) is 108 Å². The summed E-state index contributed by atoms with van der Waals surface area (Å²) in [6, 6.07) is 0. The average Bonchev–Trinajstić information content (AvgIpc) is 3.30. The van der Waals surface area contributed by atoms with Crippen LogP contribution in [0.3, 0.4) is 0 Å². The van der Waals surface area contributed by atoms with Crippen LogP contribution in [0.2, 0.25) is 0 Å². The van der Waals surface area contributed by atoms with Crippen LogP contribution in [0.5, 0.6) is 0 Å². The van der Waals surface area contributed by atoms with E-state index in [9.17, 15) is 19.5 Å². The van der Waals surface area contributed by atoms with E-state index < -0.39 is 24.3 Å². The Morgan fingerprint density at radius 2 is 0.838 bits per heavy atom. The van der Waals surface area contributed by atoms with Gasteiger partial charge in [-0.2, -0.15) is 0 Å². The molecule has 9 heteroatoms. The number of likely N-dealkylation sites (N-methyl/N-ethyl adjacent to an activating group) is 1. The highest BCUT2D eigenvalue weighted by Crippen LogP contribution is 2.15. The first kappa shape index (κ1) is 64.7. The number of allylic oxidation sites excluding steroid dienone is 12. The number of hydrogen-bond acceptors (Lipinski definition) is 7. The third-order valence-corrected chi connectivity index (χ3v) is 11.7. The van der Waals surface area contributed by atoms with E-state index >= 15 is 0 Å². The van der Waals surface area contributed by atoms with Gasteiger partial charge in [0.15, 0.2) is 6.10 Å². The van der Waals surface area contributed by atoms with Gasteiger partial charge in [-0.3, -0.25) is 9.59 Å². The molecule has 2 unspecified atom stereocenters. The van der Waals surface area contributed by atoms with Crippen molar-refractivity contribution in [1.82, 2.24) is 0 Å². The van der Waals surface area contributed by atoms with Gasteiger partial charge in [-0.15, -0.1) is 0 Å². The van der Waals surface area contributed by atoms with Gasteiger partial charge in [0.1, 0.15) is 13.2 Å². The first-order valence-electron chi connectivity index (χ1n) is 27.6. The van der Waals surface area contributed by atoms with E-state index in [-0.39, 0.29) is 38.6 Å². The van der Waals surface area contributed by atoms with Crippen molar-refractivity contribution in [3.05, 3.63) is 72.9 Å². The Kier molecular flexibility index (Phi) is 47.7. The smallest absolute Gasteiger partial charge is 0.361 e. The Balaban J connectivity index is 4.27. The van der Waals surface area contributed by atoms with Gasteiger partial charge in [-0.05, 0) is 83.5 Å². The fourth-order valence-corrected chi connectivity index (χ4v) is 7.45. The molecule has 0 spiro atoms. The summed E-state index contributed by atoms with van der Waals surface area (Å²) in [5.74, 6) is -2.02. The molecule has 0 aromatic heterocycles. The van der Waals surface area contributed by atoms with E-state index in [1.54, 1.807) is 0 Å². The molecule has 0 fully saturated rings. The number of quaternary nitrogens is 1. The molecule has 0 rings (SSSR count). The summed E-state index contributed by atoms with van der Waals surface area (Å²) in [7, 11) is 5.96. The highest BCUT2D eigenvalue weighted by molar-refractivity contribution is 5.71. The first-order chi connectivity index (χ1) is 33.1. The molecule has 0 aliphatic heterocycles. The molecular formula is C59H104NO8+. The third kappa shape index (κ3) is 50.6. The molecule has 0 aliphatic carbocycles. The van der Waals surface area contributed by atoms with Gasteiger partial charge in [-0.25, -0.2) is 4.79 Å². The van der Waals surface area contributed by atoms with E-state index in [1.165, 1.54) is 103 Å². The largest absolute Gasteiger partial charge is 0.477 e. The summed E-state index contributed by atoms with van der Waals surface area (Å²) in [4.78, 5) is 37.3. The first-order valence-corrected chi connectivity index (χ1v) is 27.6. The minimum absolute atomic E-state index is 0.183. The monoisotopic (exact) mass is 955 g/mol. The van der Waals surface area contributed by atoms with E-state index in [0.29, 0.717) is 17.4 Å². The molecule has 0 amide bonds. The maximum absolute atomic E-state index is 12.9. The maximum Gasteiger partial charge on any atom is 0.361 e. The number of rotatable bonds is 50. The predicted molar refractivity (Wildman–Crippen MR) is 286 cm³/mol. The molecule has 1 N–H and O–H groups in total. The van der Waals surface area contributed by atoms with Crippen molar-refractivity contribution in [2.75, 3.05) is 47.5 Å². The van der Waals surface area contributed by atoms with Crippen molar-refractivity contribution < 1.29 is 42.9 Å². The third-order valence-electron chi connectivity index (χ3n) is 11.7. The van der Waals surface area contributed by atoms with Crippen molar-refractivity contribution in [3.63, 3.8) is 0 Å². The van der Waals surface area contributed by atoms with Gasteiger partial charge < -0.3 is 28.5 Å². The molecule has 0 heterocycles. The van der Waals surface area contributed by atoms with Gasteiger partial charge in [0.25, 0.3) is 6.29 Å². The number of aliphatic carboxylic acids is 1. The lowest BCUT2D eigenvalue weighted by Crippen LogP contribution is -2.40. The number of carbonyl (C=O) groups is 3. The van der Waals surface area contributed by atoms with Crippen molar-refractivity contribution in [1.29, 1.82) is 0 Å². The molecule has 0 aromatic rings. The fraction of sp³-hybridized carbons (Fsp3) is 0.746. The molecule has 68 heavy (non-hydrogen) atoms. The van der Waals surface area contributed by atoms with Gasteiger partial charge >= 0.3 is 17.9 Å². The van der Waals surface area contributed by atoms with Gasteiger partial charge in [0, 0.05) is 12.8 Å². The number of carboxylic acid groups (broad SMARTS) is 1. The lowest BCUT2D eigenvalue weighted by atomic mass is 10.0. The van der Waals surface area contributed by atoms with Crippen LogP contribution >= 0.6 is 0 Å². The lowest BCUT2D eigenvalue weighted by molar-refractivity contribution is -0.870. The summed E-state index contributed by atoms with van der Waals surface area (Å²) in [5, 5.41) is 9.69. The summed E-state index contributed by atoms with van der Waals surface area (Å²) >= 11 is 0. The standard InChI is InChI=1S/C59H103NO8/c1-6-8-10-12-14-16-18-20-22-24-25-26-27-28-29-30-31-32-33-34-36-38-40-42-44-46-48-50-57(62)68-55(54-67-59(58(63)64)65-52-51-60(3,4)5)53-66-56(61)49-47-45-43-41-39-37-35-23-21-19-17-15-13-11-9-7-2/h8,10,14,16,20,22-23,25-26,28-29,35,55,59H,6-7,9,11-13,15,17-19,21,24,27,30-34,36-54H2,1-5H3/p+1/b10-8-,16-14-,22-20-,26-25-,29-28-,35-23-. The van der Waals surface area contributed by atoms with Crippen LogP contribution in [0.4, 0.5) is 0 Å². The molecule has 0 saturated heterocycles. The summed E-state index contributed by atoms with van der Waals surface area (Å²) in [5.41, 5.74) is 0. The predicted octanol–water partition coefficient (Wildman–Crippen LogP) is 15.8. The second-order valence-electron chi connectivity index (χ2n) is 19.5. The molecular weight excluding hydrogens is 851 g/mol. The minimum Gasteiger partial charge on any atom is -0.477 e. The molecule has 0 aliphatic rings. The lowest BCUT2D eigenvalue weighted by Gasteiger charge is -2.25. The molecule has 0 aromatic carbocycles. The molecule has 0 bridgehead atoms. The average molecular weight is 955 g/mol. The second kappa shape index (κ2) is 50.1. The minimum atomic E-state index is -1.51. The number of carbonyl (C=O) groups excluding carboxylic acids is 2. The Bertz CT molecular complexity index is 1340. The highest BCUT2D eigenvalue weighted by atomic mass is 16.7. The molecule has 0 saturated carbocycles. The SMILES string of the molecule is CC/C=C\C/C=C\C/C=C\C/C=C\C/C=C\CCCCCCCCCCCCCC(=O)OC(COC(=O)CCCCCCC/C=C\CCCCCCCCC)COC(OCC[N+](C)(C)C)C(=O)O. The van der Waals surface area contributed by atoms with Gasteiger partial charge in [0.2, 0.25) is 0 Å². The number of hydrogen-bond donors (Lipinski definition) is 1. The van der Waals surface area contributed by atoms with Crippen LogP contribution in [-0.2, 0) is 33.3 Å². The normalized spacial score (nSPS) is 13.4. The van der Waals surface area contributed by atoms with Gasteiger partial charge in [-0.1, -0.05) is 202 Å². The maximum atomic E-state index is 12.9. The quantitative estimate of drug-likeness (QED) is 0.0211. The number of unbranched alkanes of at least 4 members (excludes halogenated alkanes) is 23. The van der Waals surface area contributed by atoms with Gasteiger partial charge in [0.05, 0.1) is 34.4 Å². The van der Waals surface area contributed by atoms with Crippen molar-refractivity contribution in [3.8, 4) is 0 Å². The number of carboxylic acids is 1. The Morgan fingerprint density at radius 1 is 0.456 bits per heavy atom. The molecule has 0 radical (unpaired) electrons. The van der Waals surface area contributed by atoms with Crippen LogP contribution in [0, 0.1) is 0 Å². The van der Waals surface area contributed by atoms with E-state index in [2.05, 4.69) is 86.8 Å². The summed E-state index contributed by atoms with van der Waals surface area (Å²) in [6.07, 6.45) is 61.1. The molecule has 2 atom stereocenters. The van der Waals surface area contributed by atoms with E-state index in [4.69, 9.17) is 18.9 Å². The Labute approximate surface area is 417 Å². The molecule has 9 nitrogen and oxygen atoms in total. The zero-order chi connectivity index (χ0) is 49.9. The Morgan fingerprint density at radius 3 is 1.26 bits per heavy atom. The van der Waals surface area contributed by atoms with Crippen molar-refractivity contribution in [2.24, 2.45) is 0 Å².